The van der Waals surface area contributed by atoms with Crippen molar-refractivity contribution in [3.05, 3.63) is 77.6 Å². The average molecular weight is 540 g/mol. The Labute approximate surface area is 226 Å². The van der Waals surface area contributed by atoms with Crippen LogP contribution in [0.15, 0.2) is 66.1 Å². The van der Waals surface area contributed by atoms with Gasteiger partial charge in [0.15, 0.2) is 11.4 Å². The molecule has 4 rings (SSSR count). The Morgan fingerprint density at radius 3 is 2.61 bits per heavy atom. The van der Waals surface area contributed by atoms with Gasteiger partial charge in [-0.3, -0.25) is 9.59 Å². The molecule has 0 radical (unpaired) electrons. The molecule has 3 N–H and O–H groups in total. The molecule has 0 bridgehead atoms. The minimum absolute atomic E-state index is 0.0153. The number of carboxylic acid groups (broad SMARTS) is 1. The van der Waals surface area contributed by atoms with Gasteiger partial charge in [0.05, 0.1) is 18.8 Å². The van der Waals surface area contributed by atoms with Gasteiger partial charge in [0.25, 0.3) is 0 Å². The van der Waals surface area contributed by atoms with Gasteiger partial charge in [-0.15, -0.1) is 0 Å². The number of aliphatic hydroxyl groups is 1. The first-order chi connectivity index (χ1) is 18.4. The van der Waals surface area contributed by atoms with Crippen LogP contribution < -0.4 is 5.32 Å². The summed E-state index contributed by atoms with van der Waals surface area (Å²) >= 11 is 1.63. The van der Waals surface area contributed by atoms with E-state index in [1.54, 1.807) is 24.0 Å². The first kappa shape index (κ1) is 27.8. The zero-order valence-electron chi connectivity index (χ0n) is 21.3. The van der Waals surface area contributed by atoms with Gasteiger partial charge < -0.3 is 29.6 Å². The highest BCUT2D eigenvalue weighted by atomic mass is 32.2. The summed E-state index contributed by atoms with van der Waals surface area (Å²) in [5.41, 5.74) is 3.27. The van der Waals surface area contributed by atoms with E-state index in [4.69, 9.17) is 14.6 Å². The van der Waals surface area contributed by atoms with E-state index in [1.807, 2.05) is 60.3 Å². The lowest BCUT2D eigenvalue weighted by Gasteiger charge is -2.36. The minimum atomic E-state index is -0.857. The van der Waals surface area contributed by atoms with Crippen molar-refractivity contribution in [2.24, 2.45) is 7.05 Å². The number of aryl methyl sites for hydroxylation is 1. The second kappa shape index (κ2) is 13.6. The molecule has 9 nitrogen and oxygen atoms in total. The van der Waals surface area contributed by atoms with Crippen LogP contribution in [0, 0.1) is 0 Å². The fraction of sp³-hybridized carbons (Fsp3) is 0.393. The molecule has 10 heteroatoms. The summed E-state index contributed by atoms with van der Waals surface area (Å²) in [6.45, 7) is -0.0153. The first-order valence-corrected chi connectivity index (χ1v) is 13.6. The van der Waals surface area contributed by atoms with Gasteiger partial charge in [-0.25, -0.2) is 4.98 Å². The first-order valence-electron chi connectivity index (χ1n) is 12.6. The smallest absolute Gasteiger partial charge is 0.303 e. The molecule has 1 aliphatic rings. The van der Waals surface area contributed by atoms with Crippen LogP contribution in [0.3, 0.4) is 0 Å². The lowest BCUT2D eigenvalue weighted by Crippen LogP contribution is -2.31. The number of benzene rings is 2. The summed E-state index contributed by atoms with van der Waals surface area (Å²) in [6.07, 6.45) is 4.69. The molecule has 1 saturated heterocycles. The molecular weight excluding hydrogens is 506 g/mol. The van der Waals surface area contributed by atoms with Gasteiger partial charge in [0, 0.05) is 55.7 Å². The van der Waals surface area contributed by atoms with Crippen molar-refractivity contribution >= 4 is 29.3 Å². The summed E-state index contributed by atoms with van der Waals surface area (Å²) < 4.78 is 14.8. The van der Waals surface area contributed by atoms with Crippen LogP contribution in [0.2, 0.25) is 0 Å². The van der Waals surface area contributed by atoms with Gasteiger partial charge in [-0.2, -0.15) is 0 Å². The number of unbranched alkanes of at least 4 members (excludes halogenated alkanes) is 1. The topological polar surface area (TPSA) is 123 Å². The molecule has 2 aromatic carbocycles. The van der Waals surface area contributed by atoms with E-state index >= 15 is 0 Å². The second-order valence-electron chi connectivity index (χ2n) is 9.26. The number of amides is 1. The number of nitrogens with zero attached hydrogens (tertiary/aromatic N) is 2. The molecule has 202 valence electrons. The number of imidazole rings is 1. The van der Waals surface area contributed by atoms with E-state index in [0.29, 0.717) is 30.7 Å². The Balaban J connectivity index is 1.45. The van der Waals surface area contributed by atoms with Crippen molar-refractivity contribution in [3.8, 4) is 0 Å². The summed E-state index contributed by atoms with van der Waals surface area (Å²) in [6, 6.07) is 15.2. The zero-order chi connectivity index (χ0) is 26.9. The third-order valence-electron chi connectivity index (χ3n) is 6.28. The summed E-state index contributed by atoms with van der Waals surface area (Å²) in [5, 5.41) is 22.0. The lowest BCUT2D eigenvalue weighted by atomic mass is 10.0. The molecule has 2 heterocycles. The van der Waals surface area contributed by atoms with Crippen molar-refractivity contribution in [1.29, 1.82) is 0 Å². The Morgan fingerprint density at radius 2 is 1.89 bits per heavy atom. The Bertz CT molecular complexity index is 1220. The molecule has 38 heavy (non-hydrogen) atoms. The molecule has 0 spiro atoms. The van der Waals surface area contributed by atoms with E-state index < -0.39 is 12.3 Å². The Kier molecular flexibility index (Phi) is 9.94. The lowest BCUT2D eigenvalue weighted by molar-refractivity contribution is -0.245. The van der Waals surface area contributed by atoms with Crippen molar-refractivity contribution in [2.45, 2.75) is 62.4 Å². The van der Waals surface area contributed by atoms with Crippen molar-refractivity contribution in [1.82, 2.24) is 9.55 Å². The van der Waals surface area contributed by atoms with Crippen molar-refractivity contribution < 1.29 is 29.3 Å². The van der Waals surface area contributed by atoms with Crippen LogP contribution in [0.1, 0.15) is 61.2 Å². The van der Waals surface area contributed by atoms with Crippen LogP contribution in [-0.2, 0) is 32.7 Å². The molecule has 3 aromatic rings. The number of aromatic nitrogens is 2. The monoisotopic (exact) mass is 539 g/mol. The van der Waals surface area contributed by atoms with Gasteiger partial charge in [-0.05, 0) is 36.1 Å². The standard InChI is InChI=1S/C28H33N3O6S/c1-31-14-13-29-28(31)38-18-23-16-24(20-11-9-19(17-32)10-12-20)37-27(36-23)21-5-4-6-22(15-21)30-25(33)7-2-3-8-26(34)35/h4-6,9-15,23-24,27,32H,2-3,7-8,16-18H2,1H3,(H,30,33)(H,34,35)/t23-,24+,27+/m0/s1. The average Bonchev–Trinajstić information content (AvgIpc) is 3.34. The van der Waals surface area contributed by atoms with Crippen LogP contribution in [0.25, 0.3) is 0 Å². The molecule has 1 fully saturated rings. The largest absolute Gasteiger partial charge is 0.481 e. The highest BCUT2D eigenvalue weighted by Gasteiger charge is 2.32. The molecule has 0 saturated carbocycles. The summed E-state index contributed by atoms with van der Waals surface area (Å²) in [4.78, 5) is 27.4. The van der Waals surface area contributed by atoms with E-state index in [0.717, 1.165) is 21.8 Å². The van der Waals surface area contributed by atoms with Gasteiger partial charge in [0.2, 0.25) is 5.91 Å². The van der Waals surface area contributed by atoms with E-state index in [9.17, 15) is 14.7 Å². The maximum absolute atomic E-state index is 12.4. The van der Waals surface area contributed by atoms with Crippen LogP contribution in [0.5, 0.6) is 0 Å². The number of carbonyl (C=O) groups excluding carboxylic acids is 1. The highest BCUT2D eigenvalue weighted by Crippen LogP contribution is 2.39. The summed E-state index contributed by atoms with van der Waals surface area (Å²) in [7, 11) is 1.96. The molecule has 1 aliphatic heterocycles. The van der Waals surface area contributed by atoms with Crippen LogP contribution >= 0.6 is 11.8 Å². The number of aliphatic carboxylic acids is 1. The van der Waals surface area contributed by atoms with Crippen LogP contribution in [-0.4, -0.2) is 43.5 Å². The maximum atomic E-state index is 12.4. The fourth-order valence-corrected chi connectivity index (χ4v) is 5.18. The quantitative estimate of drug-likeness (QED) is 0.221. The molecule has 1 amide bonds. The zero-order valence-corrected chi connectivity index (χ0v) is 22.1. The van der Waals surface area contributed by atoms with Gasteiger partial charge >= 0.3 is 5.97 Å². The molecule has 1 aromatic heterocycles. The van der Waals surface area contributed by atoms with E-state index in [-0.39, 0.29) is 37.6 Å². The fourth-order valence-electron chi connectivity index (χ4n) is 4.23. The highest BCUT2D eigenvalue weighted by molar-refractivity contribution is 7.99. The number of carboxylic acids is 1. The molecule has 0 aliphatic carbocycles. The maximum Gasteiger partial charge on any atom is 0.303 e. The number of rotatable bonds is 12. The van der Waals surface area contributed by atoms with Gasteiger partial charge in [-0.1, -0.05) is 48.2 Å². The number of hydrogen-bond acceptors (Lipinski definition) is 7. The Hall–Kier alpha value is -3.18. The third-order valence-corrected chi connectivity index (χ3v) is 7.47. The molecule has 0 unspecified atom stereocenters. The van der Waals surface area contributed by atoms with Crippen LogP contribution in [0.4, 0.5) is 5.69 Å². The van der Waals surface area contributed by atoms with Crippen molar-refractivity contribution in [2.75, 3.05) is 11.1 Å². The van der Waals surface area contributed by atoms with Crippen molar-refractivity contribution in [3.63, 3.8) is 0 Å². The third kappa shape index (κ3) is 7.91. The number of hydrogen-bond donors (Lipinski definition) is 3. The molecular formula is C28H33N3O6S. The number of nitrogens with one attached hydrogen (secondary N) is 1. The molecule has 3 atom stereocenters. The van der Waals surface area contributed by atoms with E-state index in [2.05, 4.69) is 10.3 Å². The number of anilines is 1. The van der Waals surface area contributed by atoms with Gasteiger partial charge in [0.1, 0.15) is 0 Å². The number of thioether (sulfide) groups is 1. The number of ether oxygens (including phenoxy) is 2. The number of carbonyl (C=O) groups is 2. The minimum Gasteiger partial charge on any atom is -0.481 e. The summed E-state index contributed by atoms with van der Waals surface area (Å²) in [5.74, 6) is -0.322. The second-order valence-corrected chi connectivity index (χ2v) is 10.2. The SMILES string of the molecule is Cn1ccnc1SC[C@@H]1C[C@H](c2ccc(CO)cc2)O[C@H](c2cccc(NC(=O)CCCCC(=O)O)c2)O1. The Morgan fingerprint density at radius 1 is 1.11 bits per heavy atom. The predicted octanol–water partition coefficient (Wildman–Crippen LogP) is 4.83. The normalized spacial score (nSPS) is 19.3. The predicted molar refractivity (Wildman–Crippen MR) is 144 cm³/mol. The van der Waals surface area contributed by atoms with E-state index in [1.165, 1.54) is 0 Å². The number of aliphatic hydroxyl groups excluding tert-OH is 1.